The summed E-state index contributed by atoms with van der Waals surface area (Å²) in [4.78, 5) is 16.2. The molecule has 2 rings (SSSR count). The third-order valence-corrected chi connectivity index (χ3v) is 3.44. The molecular formula is C16H18ClN3O. The molecule has 1 aromatic carbocycles. The van der Waals surface area contributed by atoms with E-state index >= 15 is 0 Å². The number of rotatable bonds is 5. The first-order chi connectivity index (χ1) is 10.1. The quantitative estimate of drug-likeness (QED) is 0.835. The zero-order valence-electron chi connectivity index (χ0n) is 11.8. The lowest BCUT2D eigenvalue weighted by Gasteiger charge is -2.13. The summed E-state index contributed by atoms with van der Waals surface area (Å²) in [5.74, 6) is -0.210. The molecule has 1 atom stereocenters. The average Bonchev–Trinajstić information content (AvgIpc) is 2.48. The van der Waals surface area contributed by atoms with Gasteiger partial charge in [0, 0.05) is 0 Å². The zero-order chi connectivity index (χ0) is 15.2. The van der Waals surface area contributed by atoms with E-state index in [1.165, 1.54) is 5.56 Å². The molecule has 1 heterocycles. The largest absolute Gasteiger partial charge is 0.323 e. The van der Waals surface area contributed by atoms with Crippen molar-refractivity contribution in [3.05, 3.63) is 58.9 Å². The highest BCUT2D eigenvalue weighted by molar-refractivity contribution is 6.29. The van der Waals surface area contributed by atoms with Crippen molar-refractivity contribution >= 4 is 23.2 Å². The molecule has 0 unspecified atom stereocenters. The van der Waals surface area contributed by atoms with Gasteiger partial charge in [-0.2, -0.15) is 0 Å². The standard InChI is InChI=1S/C16H18ClN3O/c1-11-14(9-10-15(17)19-11)20-16(21)13(18)8-7-12-5-3-2-4-6-12/h2-6,9-10,13H,7-8,18H2,1H3,(H,20,21)/t13-/m0/s1. The highest BCUT2D eigenvalue weighted by atomic mass is 35.5. The van der Waals surface area contributed by atoms with Gasteiger partial charge in [0.1, 0.15) is 5.15 Å². The van der Waals surface area contributed by atoms with E-state index in [9.17, 15) is 4.79 Å². The Morgan fingerprint density at radius 2 is 2.00 bits per heavy atom. The van der Waals surface area contributed by atoms with Crippen molar-refractivity contribution in [1.29, 1.82) is 0 Å². The SMILES string of the molecule is Cc1nc(Cl)ccc1NC(=O)[C@@H](N)CCc1ccccc1. The topological polar surface area (TPSA) is 68.0 Å². The van der Waals surface area contributed by atoms with Gasteiger partial charge < -0.3 is 11.1 Å². The van der Waals surface area contributed by atoms with Crippen LogP contribution in [0.5, 0.6) is 0 Å². The van der Waals surface area contributed by atoms with Crippen LogP contribution in [0.25, 0.3) is 0 Å². The zero-order valence-corrected chi connectivity index (χ0v) is 12.6. The first-order valence-electron chi connectivity index (χ1n) is 6.80. The van der Waals surface area contributed by atoms with Gasteiger partial charge >= 0.3 is 0 Å². The number of anilines is 1. The van der Waals surface area contributed by atoms with E-state index in [2.05, 4.69) is 10.3 Å². The molecule has 4 nitrogen and oxygen atoms in total. The summed E-state index contributed by atoms with van der Waals surface area (Å²) in [6, 6.07) is 12.8. The lowest BCUT2D eigenvalue weighted by Crippen LogP contribution is -2.36. The van der Waals surface area contributed by atoms with E-state index in [4.69, 9.17) is 17.3 Å². The van der Waals surface area contributed by atoms with Gasteiger partial charge in [-0.05, 0) is 37.5 Å². The number of carbonyl (C=O) groups excluding carboxylic acids is 1. The summed E-state index contributed by atoms with van der Waals surface area (Å²) in [5.41, 5.74) is 8.42. The first kappa shape index (κ1) is 15.5. The maximum Gasteiger partial charge on any atom is 0.241 e. The van der Waals surface area contributed by atoms with Crippen molar-refractivity contribution in [1.82, 2.24) is 4.98 Å². The fourth-order valence-corrected chi connectivity index (χ4v) is 2.18. The Labute approximate surface area is 129 Å². The fourth-order valence-electron chi connectivity index (χ4n) is 1.99. The van der Waals surface area contributed by atoms with E-state index in [0.717, 1.165) is 6.42 Å². The minimum absolute atomic E-state index is 0.210. The Bertz CT molecular complexity index is 616. The molecule has 0 bridgehead atoms. The van der Waals surface area contributed by atoms with Gasteiger partial charge in [0.15, 0.2) is 0 Å². The third kappa shape index (κ3) is 4.55. The molecule has 0 aliphatic carbocycles. The Morgan fingerprint density at radius 1 is 1.29 bits per heavy atom. The van der Waals surface area contributed by atoms with E-state index < -0.39 is 6.04 Å². The summed E-state index contributed by atoms with van der Waals surface area (Å²) < 4.78 is 0. The Kier molecular flexibility index (Phi) is 5.31. The highest BCUT2D eigenvalue weighted by Gasteiger charge is 2.14. The number of benzene rings is 1. The van der Waals surface area contributed by atoms with Gasteiger partial charge in [-0.3, -0.25) is 4.79 Å². The van der Waals surface area contributed by atoms with E-state index in [1.54, 1.807) is 19.1 Å². The predicted molar refractivity (Wildman–Crippen MR) is 85.4 cm³/mol. The van der Waals surface area contributed by atoms with Crippen LogP contribution in [0.3, 0.4) is 0 Å². The molecule has 0 radical (unpaired) electrons. The molecule has 21 heavy (non-hydrogen) atoms. The normalized spacial score (nSPS) is 12.0. The number of nitrogens with zero attached hydrogens (tertiary/aromatic N) is 1. The summed E-state index contributed by atoms with van der Waals surface area (Å²) in [6.07, 6.45) is 1.36. The van der Waals surface area contributed by atoms with Gasteiger partial charge in [0.25, 0.3) is 0 Å². The van der Waals surface area contributed by atoms with Crippen molar-refractivity contribution in [3.8, 4) is 0 Å². The minimum Gasteiger partial charge on any atom is -0.323 e. The molecule has 1 aromatic heterocycles. The maximum atomic E-state index is 12.1. The number of carbonyl (C=O) groups is 1. The van der Waals surface area contributed by atoms with Crippen molar-refractivity contribution in [2.75, 3.05) is 5.32 Å². The van der Waals surface area contributed by atoms with Crippen LogP contribution in [0.15, 0.2) is 42.5 Å². The molecule has 1 amide bonds. The number of hydrogen-bond acceptors (Lipinski definition) is 3. The summed E-state index contributed by atoms with van der Waals surface area (Å²) in [6.45, 7) is 1.79. The van der Waals surface area contributed by atoms with Crippen LogP contribution in [0, 0.1) is 6.92 Å². The number of nitrogens with two attached hydrogens (primary N) is 1. The molecule has 0 saturated carbocycles. The molecule has 3 N–H and O–H groups in total. The number of nitrogens with one attached hydrogen (secondary N) is 1. The van der Waals surface area contributed by atoms with Crippen LogP contribution in [-0.4, -0.2) is 16.9 Å². The lowest BCUT2D eigenvalue weighted by atomic mass is 10.1. The average molecular weight is 304 g/mol. The van der Waals surface area contributed by atoms with Crippen LogP contribution < -0.4 is 11.1 Å². The van der Waals surface area contributed by atoms with Gasteiger partial charge in [-0.25, -0.2) is 4.98 Å². The monoisotopic (exact) mass is 303 g/mol. The lowest BCUT2D eigenvalue weighted by molar-refractivity contribution is -0.117. The van der Waals surface area contributed by atoms with Crippen molar-refractivity contribution in [2.24, 2.45) is 5.73 Å². The molecule has 0 spiro atoms. The summed E-state index contributed by atoms with van der Waals surface area (Å²) in [7, 11) is 0. The Morgan fingerprint density at radius 3 is 2.67 bits per heavy atom. The molecule has 0 fully saturated rings. The number of hydrogen-bond donors (Lipinski definition) is 2. The molecule has 5 heteroatoms. The van der Waals surface area contributed by atoms with Crippen LogP contribution in [0.4, 0.5) is 5.69 Å². The fraction of sp³-hybridized carbons (Fsp3) is 0.250. The highest BCUT2D eigenvalue weighted by Crippen LogP contribution is 2.16. The second kappa shape index (κ2) is 7.20. The number of halogens is 1. The molecule has 0 saturated heterocycles. The number of aryl methyl sites for hydroxylation is 2. The van der Waals surface area contributed by atoms with Crippen LogP contribution in [0.2, 0.25) is 5.15 Å². The maximum absolute atomic E-state index is 12.1. The van der Waals surface area contributed by atoms with Gasteiger partial charge in [0.2, 0.25) is 5.91 Å². The minimum atomic E-state index is -0.555. The second-order valence-corrected chi connectivity index (χ2v) is 5.27. The smallest absolute Gasteiger partial charge is 0.241 e. The summed E-state index contributed by atoms with van der Waals surface area (Å²) >= 11 is 5.79. The number of aromatic nitrogens is 1. The van der Waals surface area contributed by atoms with E-state index in [0.29, 0.717) is 23.0 Å². The predicted octanol–water partition coefficient (Wildman–Crippen LogP) is 2.94. The van der Waals surface area contributed by atoms with Crippen LogP contribution >= 0.6 is 11.6 Å². The molecular weight excluding hydrogens is 286 g/mol. The third-order valence-electron chi connectivity index (χ3n) is 3.23. The van der Waals surface area contributed by atoms with Crippen molar-refractivity contribution < 1.29 is 4.79 Å². The van der Waals surface area contributed by atoms with Crippen molar-refractivity contribution in [2.45, 2.75) is 25.8 Å². The second-order valence-electron chi connectivity index (χ2n) is 4.89. The molecule has 110 valence electrons. The van der Waals surface area contributed by atoms with E-state index in [1.807, 2.05) is 30.3 Å². The number of amides is 1. The van der Waals surface area contributed by atoms with Crippen LogP contribution in [-0.2, 0) is 11.2 Å². The molecule has 0 aliphatic heterocycles. The van der Waals surface area contributed by atoms with Gasteiger partial charge in [-0.1, -0.05) is 41.9 Å². The first-order valence-corrected chi connectivity index (χ1v) is 7.17. The van der Waals surface area contributed by atoms with Gasteiger partial charge in [0.05, 0.1) is 17.4 Å². The van der Waals surface area contributed by atoms with Crippen molar-refractivity contribution in [3.63, 3.8) is 0 Å². The Balaban J connectivity index is 1.90. The van der Waals surface area contributed by atoms with Crippen LogP contribution in [0.1, 0.15) is 17.7 Å². The van der Waals surface area contributed by atoms with E-state index in [-0.39, 0.29) is 5.91 Å². The Hall–Kier alpha value is -1.91. The summed E-state index contributed by atoms with van der Waals surface area (Å²) in [5, 5.41) is 3.19. The number of pyridine rings is 1. The molecule has 0 aliphatic rings. The molecule has 2 aromatic rings. The van der Waals surface area contributed by atoms with Gasteiger partial charge in [-0.15, -0.1) is 0 Å².